The molecular weight excluding hydrogens is 263 g/mol. The van der Waals surface area contributed by atoms with E-state index in [1.807, 2.05) is 0 Å². The molecule has 1 rings (SSSR count). The third kappa shape index (κ3) is 3.31. The van der Waals surface area contributed by atoms with Crippen LogP contribution in [0.5, 0.6) is 0 Å². The molecule has 6 heteroatoms. The number of aromatic nitrogens is 1. The summed E-state index contributed by atoms with van der Waals surface area (Å²) in [5.41, 5.74) is -2.10. The minimum absolute atomic E-state index is 0.0656. The lowest BCUT2D eigenvalue weighted by atomic mass is 9.92. The van der Waals surface area contributed by atoms with Gasteiger partial charge in [0.15, 0.2) is 0 Å². The molecule has 0 spiro atoms. The molecule has 1 heterocycles. The summed E-state index contributed by atoms with van der Waals surface area (Å²) < 4.78 is 19.0. The highest BCUT2D eigenvalue weighted by molar-refractivity contribution is 5.77. The van der Waals surface area contributed by atoms with Crippen LogP contribution in [0.2, 0.25) is 0 Å². The fraction of sp³-hybridized carbons (Fsp3) is 0.500. The highest BCUT2D eigenvalue weighted by atomic mass is 19.1. The molecule has 0 N–H and O–H groups in total. The van der Waals surface area contributed by atoms with Gasteiger partial charge >= 0.3 is 6.09 Å². The second-order valence-electron chi connectivity index (χ2n) is 5.66. The lowest BCUT2D eigenvalue weighted by Crippen LogP contribution is -2.48. The SMILES string of the molecule is CN(C(=O)OC(C)(C)C)C(C)(C=O)c1ccncc1F. The van der Waals surface area contributed by atoms with Crippen molar-refractivity contribution in [1.82, 2.24) is 9.88 Å². The Balaban J connectivity index is 3.14. The Morgan fingerprint density at radius 3 is 2.45 bits per heavy atom. The second kappa shape index (κ2) is 5.56. The quantitative estimate of drug-likeness (QED) is 0.799. The van der Waals surface area contributed by atoms with Gasteiger partial charge in [0, 0.05) is 18.8 Å². The van der Waals surface area contributed by atoms with Gasteiger partial charge in [0.1, 0.15) is 23.2 Å². The molecule has 0 aliphatic carbocycles. The van der Waals surface area contributed by atoms with E-state index in [1.165, 1.54) is 26.2 Å². The van der Waals surface area contributed by atoms with E-state index in [1.54, 1.807) is 20.8 Å². The van der Waals surface area contributed by atoms with E-state index >= 15 is 0 Å². The van der Waals surface area contributed by atoms with Gasteiger partial charge in [-0.25, -0.2) is 9.18 Å². The van der Waals surface area contributed by atoms with Gasteiger partial charge < -0.3 is 9.53 Å². The number of rotatable bonds is 3. The highest BCUT2D eigenvalue weighted by Crippen LogP contribution is 2.28. The zero-order valence-corrected chi connectivity index (χ0v) is 12.3. The average Bonchev–Trinajstić information content (AvgIpc) is 2.35. The molecule has 0 fully saturated rings. The Labute approximate surface area is 117 Å². The molecule has 0 aliphatic heterocycles. The monoisotopic (exact) mass is 282 g/mol. The summed E-state index contributed by atoms with van der Waals surface area (Å²) in [6.07, 6.45) is 2.17. The van der Waals surface area contributed by atoms with Crippen molar-refractivity contribution >= 4 is 12.4 Å². The van der Waals surface area contributed by atoms with Crippen molar-refractivity contribution in [2.24, 2.45) is 0 Å². The highest BCUT2D eigenvalue weighted by Gasteiger charge is 2.38. The summed E-state index contributed by atoms with van der Waals surface area (Å²) in [5, 5.41) is 0. The van der Waals surface area contributed by atoms with Crippen LogP contribution in [0.1, 0.15) is 33.3 Å². The van der Waals surface area contributed by atoms with Crippen molar-refractivity contribution in [2.75, 3.05) is 7.05 Å². The fourth-order valence-corrected chi connectivity index (χ4v) is 1.63. The molecule has 0 saturated carbocycles. The molecule has 1 aromatic heterocycles. The molecule has 0 aromatic carbocycles. The maximum atomic E-state index is 13.8. The molecule has 1 unspecified atom stereocenters. The van der Waals surface area contributed by atoms with Crippen molar-refractivity contribution in [3.63, 3.8) is 0 Å². The Bertz CT molecular complexity index is 513. The molecule has 20 heavy (non-hydrogen) atoms. The predicted molar refractivity (Wildman–Crippen MR) is 71.6 cm³/mol. The van der Waals surface area contributed by atoms with Crippen LogP contribution in [0.3, 0.4) is 0 Å². The normalized spacial score (nSPS) is 14.3. The lowest BCUT2D eigenvalue weighted by Gasteiger charge is -2.35. The largest absolute Gasteiger partial charge is 0.444 e. The van der Waals surface area contributed by atoms with Crippen molar-refractivity contribution in [2.45, 2.75) is 38.8 Å². The van der Waals surface area contributed by atoms with Crippen molar-refractivity contribution in [1.29, 1.82) is 0 Å². The van der Waals surface area contributed by atoms with Crippen LogP contribution >= 0.6 is 0 Å². The molecule has 1 aromatic rings. The van der Waals surface area contributed by atoms with Gasteiger partial charge in [-0.15, -0.1) is 0 Å². The van der Waals surface area contributed by atoms with Gasteiger partial charge in [-0.3, -0.25) is 9.88 Å². The maximum absolute atomic E-state index is 13.8. The first kappa shape index (κ1) is 16.1. The van der Waals surface area contributed by atoms with Gasteiger partial charge in [-0.05, 0) is 33.8 Å². The molecule has 0 radical (unpaired) electrons. The van der Waals surface area contributed by atoms with E-state index in [-0.39, 0.29) is 5.56 Å². The number of carbonyl (C=O) groups excluding carboxylic acids is 2. The topological polar surface area (TPSA) is 59.5 Å². The van der Waals surface area contributed by atoms with Crippen LogP contribution in [-0.2, 0) is 15.1 Å². The number of aldehydes is 1. The van der Waals surface area contributed by atoms with Crippen LogP contribution in [0.4, 0.5) is 9.18 Å². The van der Waals surface area contributed by atoms with Gasteiger partial charge in [0.05, 0.1) is 6.20 Å². The zero-order valence-electron chi connectivity index (χ0n) is 12.3. The smallest absolute Gasteiger partial charge is 0.411 e. The number of pyridine rings is 1. The standard InChI is InChI=1S/C14H19FN2O3/c1-13(2,3)20-12(19)17(5)14(4,9-18)10-6-7-16-8-11(10)15/h6-9H,1-5H3. The number of likely N-dealkylation sites (N-methyl/N-ethyl adjacent to an activating group) is 1. The number of nitrogens with zero attached hydrogens (tertiary/aromatic N) is 2. The minimum atomic E-state index is -1.46. The van der Waals surface area contributed by atoms with E-state index in [0.717, 1.165) is 11.1 Å². The molecule has 110 valence electrons. The van der Waals surface area contributed by atoms with Crippen LogP contribution in [0, 0.1) is 5.82 Å². The van der Waals surface area contributed by atoms with E-state index in [2.05, 4.69) is 4.98 Å². The molecule has 1 amide bonds. The maximum Gasteiger partial charge on any atom is 0.411 e. The first-order valence-corrected chi connectivity index (χ1v) is 6.15. The van der Waals surface area contributed by atoms with Crippen molar-refractivity contribution in [3.8, 4) is 0 Å². The number of halogens is 1. The Morgan fingerprint density at radius 1 is 1.40 bits per heavy atom. The first-order chi connectivity index (χ1) is 9.12. The summed E-state index contributed by atoms with van der Waals surface area (Å²) in [4.78, 5) is 28.2. The van der Waals surface area contributed by atoms with Crippen LogP contribution < -0.4 is 0 Å². The molecule has 1 atom stereocenters. The number of amides is 1. The summed E-state index contributed by atoms with van der Waals surface area (Å²) in [7, 11) is 1.39. The molecule has 0 saturated heterocycles. The fourth-order valence-electron chi connectivity index (χ4n) is 1.63. The first-order valence-electron chi connectivity index (χ1n) is 6.15. The van der Waals surface area contributed by atoms with E-state index in [0.29, 0.717) is 6.29 Å². The third-order valence-corrected chi connectivity index (χ3v) is 2.91. The van der Waals surface area contributed by atoms with E-state index in [4.69, 9.17) is 4.74 Å². The van der Waals surface area contributed by atoms with Gasteiger partial charge in [0.25, 0.3) is 0 Å². The Morgan fingerprint density at radius 2 is 2.00 bits per heavy atom. The zero-order chi connectivity index (χ0) is 15.6. The second-order valence-corrected chi connectivity index (χ2v) is 5.66. The van der Waals surface area contributed by atoms with Crippen LogP contribution in [0.25, 0.3) is 0 Å². The van der Waals surface area contributed by atoms with Crippen molar-refractivity contribution < 1.29 is 18.7 Å². The molecule has 5 nitrogen and oxygen atoms in total. The predicted octanol–water partition coefficient (Wildman–Crippen LogP) is 2.50. The van der Waals surface area contributed by atoms with Gasteiger partial charge in [0.2, 0.25) is 0 Å². The number of ether oxygens (including phenoxy) is 1. The molecule has 0 aliphatic rings. The summed E-state index contributed by atoms with van der Waals surface area (Å²) in [6.45, 7) is 6.58. The Hall–Kier alpha value is -1.98. The lowest BCUT2D eigenvalue weighted by molar-refractivity contribution is -0.117. The average molecular weight is 282 g/mol. The third-order valence-electron chi connectivity index (χ3n) is 2.91. The minimum Gasteiger partial charge on any atom is -0.444 e. The van der Waals surface area contributed by atoms with Crippen molar-refractivity contribution in [3.05, 3.63) is 29.8 Å². The molecule has 0 bridgehead atoms. The summed E-state index contributed by atoms with van der Waals surface area (Å²) in [6, 6.07) is 1.37. The van der Waals surface area contributed by atoms with Gasteiger partial charge in [-0.2, -0.15) is 0 Å². The Kier molecular flexibility index (Phi) is 4.47. The van der Waals surface area contributed by atoms with Crippen LogP contribution in [-0.4, -0.2) is 34.9 Å². The molecular formula is C14H19FN2O3. The van der Waals surface area contributed by atoms with E-state index < -0.39 is 23.1 Å². The summed E-state index contributed by atoms with van der Waals surface area (Å²) >= 11 is 0. The number of carbonyl (C=O) groups is 2. The van der Waals surface area contributed by atoms with Gasteiger partial charge in [-0.1, -0.05) is 0 Å². The van der Waals surface area contributed by atoms with Crippen LogP contribution in [0.15, 0.2) is 18.5 Å². The number of hydrogen-bond acceptors (Lipinski definition) is 4. The number of hydrogen-bond donors (Lipinski definition) is 0. The summed E-state index contributed by atoms with van der Waals surface area (Å²) in [5.74, 6) is -0.655. The van der Waals surface area contributed by atoms with E-state index in [9.17, 15) is 14.0 Å².